The average molecular weight is 366 g/mol. The number of benzene rings is 2. The van der Waals surface area contributed by atoms with Crippen LogP contribution in [0.4, 0.5) is 5.69 Å². The van der Waals surface area contributed by atoms with Crippen molar-refractivity contribution in [1.29, 1.82) is 0 Å². The molecule has 0 aromatic heterocycles. The Hall–Kier alpha value is -3.15. The number of ether oxygens (including phenoxy) is 1. The summed E-state index contributed by atoms with van der Waals surface area (Å²) in [6.07, 6.45) is 1.33. The third-order valence-corrected chi connectivity index (χ3v) is 4.59. The van der Waals surface area contributed by atoms with Gasteiger partial charge in [0.05, 0.1) is 24.5 Å². The van der Waals surface area contributed by atoms with Gasteiger partial charge in [0, 0.05) is 12.2 Å². The van der Waals surface area contributed by atoms with E-state index in [4.69, 9.17) is 0 Å². The van der Waals surface area contributed by atoms with Crippen molar-refractivity contribution in [1.82, 2.24) is 5.32 Å². The minimum Gasteiger partial charge on any atom is -0.465 e. The van der Waals surface area contributed by atoms with Crippen molar-refractivity contribution >= 4 is 23.5 Å². The normalized spacial score (nSPS) is 17.7. The zero-order valence-corrected chi connectivity index (χ0v) is 15.1. The molecule has 0 aliphatic heterocycles. The Morgan fingerprint density at radius 3 is 2.30 bits per heavy atom. The quantitative estimate of drug-likeness (QED) is 0.737. The Morgan fingerprint density at radius 1 is 0.963 bits per heavy atom. The SMILES string of the molecule is COC(=O)c1ccc(NC(=O)C2CC2C(=O)NCCc2ccccc2)cc1. The second-order valence-corrected chi connectivity index (χ2v) is 6.53. The first kappa shape index (κ1) is 18.6. The van der Waals surface area contributed by atoms with Gasteiger partial charge in [0.25, 0.3) is 0 Å². The van der Waals surface area contributed by atoms with Crippen molar-refractivity contribution in [3.05, 3.63) is 65.7 Å². The van der Waals surface area contributed by atoms with Crippen LogP contribution in [0.25, 0.3) is 0 Å². The minimum atomic E-state index is -0.428. The average Bonchev–Trinajstić information content (AvgIpc) is 3.50. The largest absolute Gasteiger partial charge is 0.465 e. The van der Waals surface area contributed by atoms with Gasteiger partial charge in [0.2, 0.25) is 11.8 Å². The van der Waals surface area contributed by atoms with Gasteiger partial charge in [-0.25, -0.2) is 4.79 Å². The molecule has 1 aliphatic carbocycles. The molecule has 6 nitrogen and oxygen atoms in total. The highest BCUT2D eigenvalue weighted by Crippen LogP contribution is 2.39. The Balaban J connectivity index is 1.43. The lowest BCUT2D eigenvalue weighted by Gasteiger charge is -2.07. The van der Waals surface area contributed by atoms with Crippen LogP contribution in [0, 0.1) is 11.8 Å². The third kappa shape index (κ3) is 4.94. The Morgan fingerprint density at radius 2 is 1.63 bits per heavy atom. The number of nitrogens with one attached hydrogen (secondary N) is 2. The van der Waals surface area contributed by atoms with E-state index in [1.165, 1.54) is 12.7 Å². The molecular formula is C21H22N2O4. The van der Waals surface area contributed by atoms with Gasteiger partial charge >= 0.3 is 5.97 Å². The number of anilines is 1. The summed E-state index contributed by atoms with van der Waals surface area (Å²) in [6, 6.07) is 16.4. The Bertz CT molecular complexity index is 818. The Labute approximate surface area is 157 Å². The van der Waals surface area contributed by atoms with Crippen molar-refractivity contribution in [2.45, 2.75) is 12.8 Å². The summed E-state index contributed by atoms with van der Waals surface area (Å²) in [5.41, 5.74) is 2.17. The lowest BCUT2D eigenvalue weighted by atomic mass is 10.1. The molecule has 1 saturated carbocycles. The molecule has 0 spiro atoms. The van der Waals surface area contributed by atoms with Gasteiger partial charge in [-0.2, -0.15) is 0 Å². The van der Waals surface area contributed by atoms with Crippen molar-refractivity contribution in [2.75, 3.05) is 19.0 Å². The van der Waals surface area contributed by atoms with E-state index in [9.17, 15) is 14.4 Å². The molecule has 3 rings (SSSR count). The summed E-state index contributed by atoms with van der Waals surface area (Å²) in [6.45, 7) is 0.558. The monoisotopic (exact) mass is 366 g/mol. The van der Waals surface area contributed by atoms with Gasteiger partial charge in [-0.05, 0) is 42.7 Å². The molecule has 0 bridgehead atoms. The Kier molecular flexibility index (Phi) is 5.86. The molecular weight excluding hydrogens is 344 g/mol. The van der Waals surface area contributed by atoms with E-state index in [2.05, 4.69) is 15.4 Å². The van der Waals surface area contributed by atoms with Crippen LogP contribution in [0.2, 0.25) is 0 Å². The number of amides is 2. The van der Waals surface area contributed by atoms with E-state index >= 15 is 0 Å². The van der Waals surface area contributed by atoms with Gasteiger partial charge in [-0.15, -0.1) is 0 Å². The lowest BCUT2D eigenvalue weighted by Crippen LogP contribution is -2.29. The molecule has 2 unspecified atom stereocenters. The standard InChI is InChI=1S/C21H22N2O4/c1-27-21(26)15-7-9-16(10-8-15)23-20(25)18-13-17(18)19(24)22-12-11-14-5-3-2-4-6-14/h2-10,17-18H,11-13H2,1H3,(H,22,24)(H,23,25). The second kappa shape index (κ2) is 8.49. The fraction of sp³-hybridized carbons (Fsp3) is 0.286. The second-order valence-electron chi connectivity index (χ2n) is 6.53. The van der Waals surface area contributed by atoms with Crippen LogP contribution in [0.1, 0.15) is 22.3 Å². The van der Waals surface area contributed by atoms with Crippen LogP contribution >= 0.6 is 0 Å². The van der Waals surface area contributed by atoms with E-state index in [0.717, 1.165) is 6.42 Å². The van der Waals surface area contributed by atoms with Crippen LogP contribution in [0.15, 0.2) is 54.6 Å². The van der Waals surface area contributed by atoms with Crippen LogP contribution in [-0.2, 0) is 20.7 Å². The van der Waals surface area contributed by atoms with Crippen molar-refractivity contribution in [2.24, 2.45) is 11.8 Å². The number of hydrogen-bond donors (Lipinski definition) is 2. The van der Waals surface area contributed by atoms with E-state index in [1.54, 1.807) is 24.3 Å². The predicted molar refractivity (Wildman–Crippen MR) is 101 cm³/mol. The number of carbonyl (C=O) groups is 3. The van der Waals surface area contributed by atoms with E-state index in [-0.39, 0.29) is 23.7 Å². The van der Waals surface area contributed by atoms with Gasteiger partial charge in [-0.3, -0.25) is 9.59 Å². The first-order valence-corrected chi connectivity index (χ1v) is 8.89. The first-order valence-electron chi connectivity index (χ1n) is 8.89. The highest BCUT2D eigenvalue weighted by Gasteiger charge is 2.47. The summed E-state index contributed by atoms with van der Waals surface area (Å²) < 4.78 is 4.64. The van der Waals surface area contributed by atoms with E-state index in [1.807, 2.05) is 30.3 Å². The van der Waals surface area contributed by atoms with Gasteiger partial charge < -0.3 is 15.4 Å². The van der Waals surface area contributed by atoms with E-state index in [0.29, 0.717) is 24.2 Å². The molecule has 2 amide bonds. The molecule has 27 heavy (non-hydrogen) atoms. The highest BCUT2D eigenvalue weighted by molar-refractivity contribution is 5.99. The molecule has 6 heteroatoms. The smallest absolute Gasteiger partial charge is 0.337 e. The predicted octanol–water partition coefficient (Wildman–Crippen LogP) is 2.41. The maximum atomic E-state index is 12.3. The first-order chi connectivity index (χ1) is 13.1. The van der Waals surface area contributed by atoms with Crippen molar-refractivity contribution in [3.8, 4) is 0 Å². The molecule has 2 atom stereocenters. The van der Waals surface area contributed by atoms with Crippen LogP contribution in [0.5, 0.6) is 0 Å². The lowest BCUT2D eigenvalue weighted by molar-refractivity contribution is -0.125. The molecule has 2 aromatic carbocycles. The van der Waals surface area contributed by atoms with Gasteiger partial charge in [0.15, 0.2) is 0 Å². The summed E-state index contributed by atoms with van der Waals surface area (Å²) in [7, 11) is 1.32. The maximum Gasteiger partial charge on any atom is 0.337 e. The van der Waals surface area contributed by atoms with E-state index < -0.39 is 5.97 Å². The van der Waals surface area contributed by atoms with Crippen molar-refractivity contribution < 1.29 is 19.1 Å². The number of esters is 1. The molecule has 0 saturated heterocycles. The zero-order valence-electron chi connectivity index (χ0n) is 15.1. The summed E-state index contributed by atoms with van der Waals surface area (Å²) in [4.78, 5) is 35.9. The molecule has 1 fully saturated rings. The third-order valence-electron chi connectivity index (χ3n) is 4.59. The fourth-order valence-electron chi connectivity index (χ4n) is 2.92. The van der Waals surface area contributed by atoms with Crippen LogP contribution < -0.4 is 10.6 Å². The summed E-state index contributed by atoms with van der Waals surface area (Å²) in [5, 5.41) is 5.68. The zero-order chi connectivity index (χ0) is 19.2. The minimum absolute atomic E-state index is 0.0767. The number of carbonyl (C=O) groups excluding carboxylic acids is 3. The molecule has 0 radical (unpaired) electrons. The van der Waals surface area contributed by atoms with Crippen molar-refractivity contribution in [3.63, 3.8) is 0 Å². The highest BCUT2D eigenvalue weighted by atomic mass is 16.5. The maximum absolute atomic E-state index is 12.3. The van der Waals surface area contributed by atoms with Crippen LogP contribution in [-0.4, -0.2) is 31.4 Å². The molecule has 2 N–H and O–H groups in total. The number of methoxy groups -OCH3 is 1. The fourth-order valence-corrected chi connectivity index (χ4v) is 2.92. The topological polar surface area (TPSA) is 84.5 Å². The number of rotatable bonds is 7. The molecule has 0 heterocycles. The summed E-state index contributed by atoms with van der Waals surface area (Å²) >= 11 is 0. The summed E-state index contributed by atoms with van der Waals surface area (Å²) in [5.74, 6) is -1.25. The number of hydrogen-bond acceptors (Lipinski definition) is 4. The molecule has 140 valence electrons. The van der Waals surface area contributed by atoms with Crippen LogP contribution in [0.3, 0.4) is 0 Å². The molecule has 2 aromatic rings. The van der Waals surface area contributed by atoms with Gasteiger partial charge in [-0.1, -0.05) is 30.3 Å². The van der Waals surface area contributed by atoms with Gasteiger partial charge in [0.1, 0.15) is 0 Å². The molecule has 1 aliphatic rings.